The van der Waals surface area contributed by atoms with Gasteiger partial charge in [-0.2, -0.15) is 0 Å². The van der Waals surface area contributed by atoms with Crippen LogP contribution in [0.1, 0.15) is 48.4 Å². The maximum Gasteiger partial charge on any atom is 0.124 e. The molecule has 3 rings (SSSR count). The lowest BCUT2D eigenvalue weighted by molar-refractivity contribution is 0.408. The quantitative estimate of drug-likeness (QED) is 0.897. The van der Waals surface area contributed by atoms with E-state index in [9.17, 15) is 0 Å². The molecule has 104 valence electrons. The van der Waals surface area contributed by atoms with Gasteiger partial charge in [0.05, 0.1) is 7.11 Å². The summed E-state index contributed by atoms with van der Waals surface area (Å²) in [6.07, 6.45) is 5.62. The van der Waals surface area contributed by atoms with Gasteiger partial charge in [-0.05, 0) is 61.1 Å². The molecule has 0 bridgehead atoms. The van der Waals surface area contributed by atoms with E-state index < -0.39 is 0 Å². The third kappa shape index (κ3) is 2.16. The summed E-state index contributed by atoms with van der Waals surface area (Å²) in [5.74, 6) is 3.55. The molecule has 0 radical (unpaired) electrons. The Kier molecular flexibility index (Phi) is 3.30. The van der Waals surface area contributed by atoms with Crippen LogP contribution >= 0.6 is 0 Å². The maximum absolute atomic E-state index is 6.55. The fraction of sp³-hybridized carbons (Fsp3) is 0.647. The van der Waals surface area contributed by atoms with Crippen LogP contribution in [-0.4, -0.2) is 7.11 Å². The molecule has 19 heavy (non-hydrogen) atoms. The first kappa shape index (κ1) is 13.0. The molecular formula is C17H25NO. The second-order valence-corrected chi connectivity index (χ2v) is 6.40. The van der Waals surface area contributed by atoms with Gasteiger partial charge in [-0.1, -0.05) is 25.0 Å². The Bertz CT molecular complexity index is 447. The molecule has 2 N–H and O–H groups in total. The summed E-state index contributed by atoms with van der Waals surface area (Å²) in [5, 5.41) is 0. The molecule has 2 aliphatic rings. The lowest BCUT2D eigenvalue weighted by atomic mass is 9.96. The van der Waals surface area contributed by atoms with Crippen molar-refractivity contribution in [1.29, 1.82) is 0 Å². The van der Waals surface area contributed by atoms with Gasteiger partial charge in [0.1, 0.15) is 5.75 Å². The highest BCUT2D eigenvalue weighted by molar-refractivity contribution is 5.44. The van der Waals surface area contributed by atoms with Crippen LogP contribution in [0, 0.1) is 31.6 Å². The molecule has 2 aliphatic carbocycles. The van der Waals surface area contributed by atoms with Gasteiger partial charge in [0, 0.05) is 6.04 Å². The minimum Gasteiger partial charge on any atom is -0.496 e. The molecule has 2 nitrogen and oxygen atoms in total. The Hall–Kier alpha value is -1.02. The third-order valence-electron chi connectivity index (χ3n) is 5.21. The number of aryl methyl sites for hydroxylation is 2. The van der Waals surface area contributed by atoms with E-state index in [1.165, 1.54) is 42.4 Å². The van der Waals surface area contributed by atoms with Crippen molar-refractivity contribution in [3.63, 3.8) is 0 Å². The first-order valence-electron chi connectivity index (χ1n) is 7.54. The van der Waals surface area contributed by atoms with Crippen molar-refractivity contribution in [3.05, 3.63) is 28.8 Å². The topological polar surface area (TPSA) is 35.2 Å². The van der Waals surface area contributed by atoms with Crippen molar-refractivity contribution in [2.75, 3.05) is 7.11 Å². The Morgan fingerprint density at radius 1 is 1.11 bits per heavy atom. The molecule has 0 aliphatic heterocycles. The molecule has 3 unspecified atom stereocenters. The van der Waals surface area contributed by atoms with Crippen LogP contribution in [0.3, 0.4) is 0 Å². The molecule has 1 aromatic rings. The van der Waals surface area contributed by atoms with E-state index in [2.05, 4.69) is 26.0 Å². The van der Waals surface area contributed by atoms with E-state index >= 15 is 0 Å². The summed E-state index contributed by atoms with van der Waals surface area (Å²) in [6, 6.07) is 4.66. The first-order valence-corrected chi connectivity index (χ1v) is 7.54. The normalized spacial score (nSPS) is 30.6. The smallest absolute Gasteiger partial charge is 0.124 e. The summed E-state index contributed by atoms with van der Waals surface area (Å²) >= 11 is 0. The number of ether oxygens (including phenoxy) is 1. The van der Waals surface area contributed by atoms with Gasteiger partial charge >= 0.3 is 0 Å². The maximum atomic E-state index is 6.55. The fourth-order valence-electron chi connectivity index (χ4n) is 4.30. The van der Waals surface area contributed by atoms with Gasteiger partial charge in [-0.25, -0.2) is 0 Å². The predicted octanol–water partition coefficient (Wildman–Crippen LogP) is 3.75. The second-order valence-electron chi connectivity index (χ2n) is 6.40. The van der Waals surface area contributed by atoms with Crippen LogP contribution in [-0.2, 0) is 0 Å². The Morgan fingerprint density at radius 2 is 1.63 bits per heavy atom. The van der Waals surface area contributed by atoms with Crippen LogP contribution in [0.25, 0.3) is 0 Å². The minimum atomic E-state index is 0.219. The highest BCUT2D eigenvalue weighted by Gasteiger charge is 2.53. The van der Waals surface area contributed by atoms with Crippen molar-refractivity contribution in [1.82, 2.24) is 0 Å². The van der Waals surface area contributed by atoms with Gasteiger partial charge in [0.25, 0.3) is 0 Å². The van der Waals surface area contributed by atoms with Crippen LogP contribution in [0.4, 0.5) is 0 Å². The molecule has 0 saturated heterocycles. The van der Waals surface area contributed by atoms with E-state index in [4.69, 9.17) is 10.5 Å². The van der Waals surface area contributed by atoms with Crippen LogP contribution in [0.2, 0.25) is 0 Å². The predicted molar refractivity (Wildman–Crippen MR) is 78.3 cm³/mol. The van der Waals surface area contributed by atoms with E-state index in [1.807, 2.05) is 0 Å². The average molecular weight is 259 g/mol. The Morgan fingerprint density at radius 3 is 2.11 bits per heavy atom. The summed E-state index contributed by atoms with van der Waals surface area (Å²) in [7, 11) is 1.74. The monoisotopic (exact) mass is 259 g/mol. The first-order chi connectivity index (χ1) is 9.13. The molecular weight excluding hydrogens is 234 g/mol. The number of benzene rings is 1. The standard InChI is InChI=1S/C17H25NO/c1-10-8-12(9-11(2)17(10)19-3)16(18)15-13-6-4-5-7-14(13)15/h8-9,13-16H,4-7,18H2,1-3H3. The summed E-state index contributed by atoms with van der Waals surface area (Å²) in [6.45, 7) is 4.23. The van der Waals surface area contributed by atoms with Crippen molar-refractivity contribution < 1.29 is 4.74 Å². The zero-order chi connectivity index (χ0) is 13.6. The lowest BCUT2D eigenvalue weighted by Gasteiger charge is -2.16. The largest absolute Gasteiger partial charge is 0.496 e. The second kappa shape index (κ2) is 4.82. The number of fused-ring (bicyclic) bond motifs is 1. The van der Waals surface area contributed by atoms with Crippen LogP contribution in [0.15, 0.2) is 12.1 Å². The molecule has 0 aromatic heterocycles. The summed E-state index contributed by atoms with van der Waals surface area (Å²) in [5.41, 5.74) is 10.3. The number of hydrogen-bond acceptors (Lipinski definition) is 2. The molecule has 1 aromatic carbocycles. The molecule has 2 heteroatoms. The van der Waals surface area contributed by atoms with E-state index in [-0.39, 0.29) is 6.04 Å². The van der Waals surface area contributed by atoms with E-state index in [1.54, 1.807) is 7.11 Å². The van der Waals surface area contributed by atoms with Gasteiger partial charge in [0.2, 0.25) is 0 Å². The number of nitrogens with two attached hydrogens (primary N) is 1. The van der Waals surface area contributed by atoms with E-state index in [0.29, 0.717) is 0 Å². The third-order valence-corrected chi connectivity index (χ3v) is 5.21. The van der Waals surface area contributed by atoms with Gasteiger partial charge in [-0.3, -0.25) is 0 Å². The van der Waals surface area contributed by atoms with Gasteiger partial charge in [-0.15, -0.1) is 0 Å². The van der Waals surface area contributed by atoms with Crippen LogP contribution in [0.5, 0.6) is 5.75 Å². The number of methoxy groups -OCH3 is 1. The Balaban J connectivity index is 1.82. The number of rotatable bonds is 3. The van der Waals surface area contributed by atoms with Crippen LogP contribution < -0.4 is 10.5 Å². The van der Waals surface area contributed by atoms with Gasteiger partial charge < -0.3 is 10.5 Å². The van der Waals surface area contributed by atoms with Crippen molar-refractivity contribution in [3.8, 4) is 5.75 Å². The summed E-state index contributed by atoms with van der Waals surface area (Å²) < 4.78 is 5.44. The van der Waals surface area contributed by atoms with Gasteiger partial charge in [0.15, 0.2) is 0 Å². The highest BCUT2D eigenvalue weighted by atomic mass is 16.5. The van der Waals surface area contributed by atoms with Crippen molar-refractivity contribution in [2.45, 2.75) is 45.6 Å². The Labute approximate surface area is 116 Å². The molecule has 0 amide bonds. The highest BCUT2D eigenvalue weighted by Crippen LogP contribution is 2.59. The minimum absolute atomic E-state index is 0.219. The number of hydrogen-bond donors (Lipinski definition) is 1. The molecule has 2 fully saturated rings. The molecule has 3 atom stereocenters. The fourth-order valence-corrected chi connectivity index (χ4v) is 4.30. The zero-order valence-electron chi connectivity index (χ0n) is 12.3. The SMILES string of the molecule is COc1c(C)cc(C(N)C2C3CCCCC32)cc1C. The van der Waals surface area contributed by atoms with Crippen molar-refractivity contribution in [2.24, 2.45) is 23.5 Å². The lowest BCUT2D eigenvalue weighted by Crippen LogP contribution is -2.15. The summed E-state index contributed by atoms with van der Waals surface area (Å²) in [4.78, 5) is 0. The zero-order valence-corrected chi connectivity index (χ0v) is 12.3. The van der Waals surface area contributed by atoms with Crippen molar-refractivity contribution >= 4 is 0 Å². The average Bonchev–Trinajstić information content (AvgIpc) is 3.11. The van der Waals surface area contributed by atoms with E-state index in [0.717, 1.165) is 23.5 Å². The molecule has 0 heterocycles. The molecule has 0 spiro atoms. The molecule has 2 saturated carbocycles.